The molecule has 0 aliphatic heterocycles. The minimum absolute atomic E-state index is 0.0168. The molecule has 0 fully saturated rings. The number of nitro groups is 1. The van der Waals surface area contributed by atoms with E-state index in [4.69, 9.17) is 10.00 Å². The molecule has 0 bridgehead atoms. The first-order chi connectivity index (χ1) is 8.63. The Hall–Kier alpha value is -2.68. The SMILES string of the molecule is C/N=C\C(C#N)=C(/OC)c1ccc([N+](=O)[O-])cc1. The molecule has 0 aliphatic carbocycles. The van der Waals surface area contributed by atoms with Crippen LogP contribution in [-0.2, 0) is 4.74 Å². The maximum atomic E-state index is 10.5. The number of rotatable bonds is 4. The van der Waals surface area contributed by atoms with Gasteiger partial charge in [-0.25, -0.2) is 0 Å². The van der Waals surface area contributed by atoms with Gasteiger partial charge in [0.25, 0.3) is 5.69 Å². The summed E-state index contributed by atoms with van der Waals surface area (Å²) in [6, 6.07) is 7.72. The second-order valence-electron chi connectivity index (χ2n) is 3.25. The number of nitrogens with zero attached hydrogens (tertiary/aromatic N) is 3. The molecular formula is C12H11N3O3. The second kappa shape index (κ2) is 6.15. The third-order valence-corrected chi connectivity index (χ3v) is 2.17. The van der Waals surface area contributed by atoms with Gasteiger partial charge in [0.05, 0.1) is 12.0 Å². The lowest BCUT2D eigenvalue weighted by atomic mass is 10.1. The van der Waals surface area contributed by atoms with E-state index in [9.17, 15) is 10.1 Å². The van der Waals surface area contributed by atoms with Crippen LogP contribution in [-0.4, -0.2) is 25.3 Å². The van der Waals surface area contributed by atoms with Crippen LogP contribution < -0.4 is 0 Å². The molecule has 1 rings (SSSR count). The van der Waals surface area contributed by atoms with Crippen LogP contribution in [0.4, 0.5) is 5.69 Å². The van der Waals surface area contributed by atoms with Crippen molar-refractivity contribution >= 4 is 17.7 Å². The number of allylic oxidation sites excluding steroid dienone is 1. The predicted octanol–water partition coefficient (Wildman–Crippen LogP) is 2.18. The average molecular weight is 245 g/mol. The maximum absolute atomic E-state index is 10.5. The summed E-state index contributed by atoms with van der Waals surface area (Å²) in [6.45, 7) is 0. The minimum atomic E-state index is -0.487. The number of nitriles is 1. The first-order valence-corrected chi connectivity index (χ1v) is 4.99. The van der Waals surface area contributed by atoms with Crippen molar-refractivity contribution in [1.29, 1.82) is 5.26 Å². The van der Waals surface area contributed by atoms with Crippen molar-refractivity contribution in [2.24, 2.45) is 4.99 Å². The number of methoxy groups -OCH3 is 1. The first-order valence-electron chi connectivity index (χ1n) is 4.99. The molecule has 1 aromatic carbocycles. The largest absolute Gasteiger partial charge is 0.495 e. The van der Waals surface area contributed by atoms with Crippen molar-refractivity contribution < 1.29 is 9.66 Å². The Morgan fingerprint density at radius 2 is 2.11 bits per heavy atom. The summed E-state index contributed by atoms with van der Waals surface area (Å²) in [5, 5.41) is 19.5. The van der Waals surface area contributed by atoms with Crippen LogP contribution in [0.25, 0.3) is 5.76 Å². The zero-order valence-corrected chi connectivity index (χ0v) is 9.95. The molecule has 18 heavy (non-hydrogen) atoms. The van der Waals surface area contributed by atoms with E-state index >= 15 is 0 Å². The van der Waals surface area contributed by atoms with Crippen molar-refractivity contribution in [3.63, 3.8) is 0 Å². The van der Waals surface area contributed by atoms with Crippen LogP contribution in [0, 0.1) is 21.4 Å². The quantitative estimate of drug-likeness (QED) is 0.267. The fourth-order valence-electron chi connectivity index (χ4n) is 1.39. The Balaban J connectivity index is 3.26. The third-order valence-electron chi connectivity index (χ3n) is 2.17. The van der Waals surface area contributed by atoms with Crippen LogP contribution in [0.15, 0.2) is 34.8 Å². The van der Waals surface area contributed by atoms with Crippen LogP contribution in [0.3, 0.4) is 0 Å². The number of aliphatic imine (C=N–C) groups is 1. The highest BCUT2D eigenvalue weighted by molar-refractivity contribution is 5.93. The Morgan fingerprint density at radius 3 is 2.50 bits per heavy atom. The molecule has 0 unspecified atom stereocenters. The molecule has 0 N–H and O–H groups in total. The first kappa shape index (κ1) is 13.4. The Labute approximate surface area is 104 Å². The number of non-ortho nitro benzene ring substituents is 1. The third kappa shape index (κ3) is 2.92. The number of nitro benzene ring substituents is 1. The molecule has 0 aliphatic rings. The molecule has 0 amide bonds. The van der Waals surface area contributed by atoms with Crippen molar-refractivity contribution in [3.8, 4) is 6.07 Å². The van der Waals surface area contributed by atoms with E-state index in [2.05, 4.69) is 4.99 Å². The fraction of sp³-hybridized carbons (Fsp3) is 0.167. The molecule has 0 heterocycles. The van der Waals surface area contributed by atoms with Crippen LogP contribution in [0.2, 0.25) is 0 Å². The lowest BCUT2D eigenvalue weighted by Crippen LogP contribution is -1.95. The summed E-state index contributed by atoms with van der Waals surface area (Å²) in [5.74, 6) is 0.331. The van der Waals surface area contributed by atoms with Crippen molar-refractivity contribution in [2.45, 2.75) is 0 Å². The van der Waals surface area contributed by atoms with Crippen LogP contribution in [0.5, 0.6) is 0 Å². The molecule has 0 saturated heterocycles. The molecule has 6 nitrogen and oxygen atoms in total. The Kier molecular flexibility index (Phi) is 4.58. The average Bonchev–Trinajstić information content (AvgIpc) is 2.39. The number of hydrogen-bond donors (Lipinski definition) is 0. The smallest absolute Gasteiger partial charge is 0.269 e. The molecule has 0 spiro atoms. The van der Waals surface area contributed by atoms with Gasteiger partial charge >= 0.3 is 0 Å². The van der Waals surface area contributed by atoms with Gasteiger partial charge in [-0.3, -0.25) is 15.1 Å². The van der Waals surface area contributed by atoms with Crippen molar-refractivity contribution in [3.05, 3.63) is 45.5 Å². The molecule has 1 aromatic rings. The monoisotopic (exact) mass is 245 g/mol. The van der Waals surface area contributed by atoms with E-state index in [1.54, 1.807) is 7.05 Å². The van der Waals surface area contributed by atoms with E-state index < -0.39 is 4.92 Å². The zero-order chi connectivity index (χ0) is 13.5. The Morgan fingerprint density at radius 1 is 1.50 bits per heavy atom. The van der Waals surface area contributed by atoms with Gasteiger partial charge in [0, 0.05) is 31.0 Å². The highest BCUT2D eigenvalue weighted by atomic mass is 16.6. The van der Waals surface area contributed by atoms with Gasteiger partial charge < -0.3 is 4.74 Å². The zero-order valence-electron chi connectivity index (χ0n) is 9.95. The summed E-state index contributed by atoms with van der Waals surface area (Å²) in [5.41, 5.74) is 0.824. The van der Waals surface area contributed by atoms with Crippen molar-refractivity contribution in [1.82, 2.24) is 0 Å². The fourth-order valence-corrected chi connectivity index (χ4v) is 1.39. The lowest BCUT2D eigenvalue weighted by molar-refractivity contribution is -0.384. The summed E-state index contributed by atoms with van der Waals surface area (Å²) in [4.78, 5) is 13.8. The van der Waals surface area contributed by atoms with Crippen molar-refractivity contribution in [2.75, 3.05) is 14.2 Å². The molecule has 92 valence electrons. The molecule has 0 saturated carbocycles. The van der Waals surface area contributed by atoms with Gasteiger partial charge in [-0.15, -0.1) is 0 Å². The highest BCUT2D eigenvalue weighted by Crippen LogP contribution is 2.21. The highest BCUT2D eigenvalue weighted by Gasteiger charge is 2.10. The standard InChI is InChI=1S/C12H11N3O3/c1-14-8-10(7-13)12(18-2)9-3-5-11(6-4-9)15(16)17/h3-6,8H,1-2H3/b12-10-,14-8-. The Bertz CT molecular complexity index is 539. The van der Waals surface area contributed by atoms with E-state index in [0.29, 0.717) is 11.3 Å². The lowest BCUT2D eigenvalue weighted by Gasteiger charge is -2.06. The molecular weight excluding hydrogens is 234 g/mol. The van der Waals surface area contributed by atoms with Gasteiger partial charge in [-0.1, -0.05) is 0 Å². The van der Waals surface area contributed by atoms with E-state index in [-0.39, 0.29) is 11.3 Å². The second-order valence-corrected chi connectivity index (χ2v) is 3.25. The number of benzene rings is 1. The van der Waals surface area contributed by atoms with E-state index in [1.165, 1.54) is 37.6 Å². The van der Waals surface area contributed by atoms with E-state index in [0.717, 1.165) is 0 Å². The predicted molar refractivity (Wildman–Crippen MR) is 67.1 cm³/mol. The summed E-state index contributed by atoms with van der Waals surface area (Å²) in [7, 11) is 2.97. The number of hydrogen-bond acceptors (Lipinski definition) is 5. The minimum Gasteiger partial charge on any atom is -0.495 e. The summed E-state index contributed by atoms with van der Waals surface area (Å²) < 4.78 is 5.14. The number of ether oxygens (including phenoxy) is 1. The van der Waals surface area contributed by atoms with Gasteiger partial charge in [0.1, 0.15) is 17.4 Å². The normalized spacial score (nSPS) is 11.8. The molecule has 0 atom stereocenters. The van der Waals surface area contributed by atoms with Gasteiger partial charge in [-0.05, 0) is 12.1 Å². The summed E-state index contributed by atoms with van der Waals surface area (Å²) in [6.07, 6.45) is 1.38. The summed E-state index contributed by atoms with van der Waals surface area (Å²) >= 11 is 0. The molecule has 0 radical (unpaired) electrons. The molecule has 6 heteroatoms. The van der Waals surface area contributed by atoms with Gasteiger partial charge in [0.2, 0.25) is 0 Å². The maximum Gasteiger partial charge on any atom is 0.269 e. The van der Waals surface area contributed by atoms with Gasteiger partial charge in [-0.2, -0.15) is 5.26 Å². The van der Waals surface area contributed by atoms with Gasteiger partial charge in [0.15, 0.2) is 0 Å². The molecule has 0 aromatic heterocycles. The van der Waals surface area contributed by atoms with E-state index in [1.807, 2.05) is 6.07 Å². The topological polar surface area (TPSA) is 88.5 Å². The van der Waals surface area contributed by atoms with Crippen LogP contribution in [0.1, 0.15) is 5.56 Å². The van der Waals surface area contributed by atoms with Crippen LogP contribution >= 0.6 is 0 Å².